The first kappa shape index (κ1) is 7.62. The summed E-state index contributed by atoms with van der Waals surface area (Å²) in [6.45, 7) is 3.15. The molecule has 0 bridgehead atoms. The van der Waals surface area contributed by atoms with Crippen LogP contribution in [0.4, 0.5) is 0 Å². The summed E-state index contributed by atoms with van der Waals surface area (Å²) in [6, 6.07) is 8.18. The molecule has 1 aromatic rings. The molecule has 0 saturated carbocycles. The second-order valence-electron chi connectivity index (χ2n) is 3.37. The first-order chi connectivity index (χ1) is 5.86. The third kappa shape index (κ3) is 1.43. The molecule has 0 aromatic heterocycles. The summed E-state index contributed by atoms with van der Waals surface area (Å²) in [6.07, 6.45) is 1.10. The van der Waals surface area contributed by atoms with Gasteiger partial charge in [-0.1, -0.05) is 25.1 Å². The van der Waals surface area contributed by atoms with E-state index in [0.29, 0.717) is 5.92 Å². The van der Waals surface area contributed by atoms with Crippen molar-refractivity contribution in [2.75, 3.05) is 6.54 Å². The third-order valence-electron chi connectivity index (χ3n) is 2.15. The molecule has 2 nitrogen and oxygen atoms in total. The summed E-state index contributed by atoms with van der Waals surface area (Å²) >= 11 is 0. The standard InChI is InChI=1S/C10H13NO/c1-8-6-9-4-2-3-5-10(9)12-11-7-8/h2-5,8,11H,6-7H2,1H3/t8-/m0/s1. The molecular weight excluding hydrogens is 150 g/mol. The Bertz CT molecular complexity index is 272. The third-order valence-corrected chi connectivity index (χ3v) is 2.15. The zero-order valence-electron chi connectivity index (χ0n) is 7.21. The molecule has 1 aliphatic heterocycles. The van der Waals surface area contributed by atoms with Crippen LogP contribution < -0.4 is 10.3 Å². The van der Waals surface area contributed by atoms with Crippen LogP contribution in [-0.4, -0.2) is 6.54 Å². The van der Waals surface area contributed by atoms with Gasteiger partial charge in [0.1, 0.15) is 5.75 Å². The molecule has 0 saturated heterocycles. The first-order valence-electron chi connectivity index (χ1n) is 4.34. The molecule has 0 fully saturated rings. The summed E-state index contributed by atoms with van der Waals surface area (Å²) in [5, 5.41) is 0. The summed E-state index contributed by atoms with van der Waals surface area (Å²) in [4.78, 5) is 5.37. The largest absolute Gasteiger partial charge is 0.408 e. The smallest absolute Gasteiger partial charge is 0.150 e. The van der Waals surface area contributed by atoms with E-state index in [1.54, 1.807) is 0 Å². The van der Waals surface area contributed by atoms with E-state index in [1.165, 1.54) is 5.56 Å². The fourth-order valence-corrected chi connectivity index (χ4v) is 1.48. The van der Waals surface area contributed by atoms with Gasteiger partial charge in [-0.15, -0.1) is 0 Å². The fourth-order valence-electron chi connectivity index (χ4n) is 1.48. The molecular formula is C10H13NO. The van der Waals surface area contributed by atoms with Crippen molar-refractivity contribution in [3.05, 3.63) is 29.8 Å². The molecule has 0 radical (unpaired) electrons. The lowest BCUT2D eigenvalue weighted by atomic mass is 10.0. The Hall–Kier alpha value is -1.02. The first-order valence-corrected chi connectivity index (χ1v) is 4.34. The Balaban J connectivity index is 2.31. The van der Waals surface area contributed by atoms with Gasteiger partial charge in [0.15, 0.2) is 0 Å². The Kier molecular flexibility index (Phi) is 2.00. The highest BCUT2D eigenvalue weighted by Crippen LogP contribution is 2.22. The molecule has 1 aromatic carbocycles. The van der Waals surface area contributed by atoms with Crippen LogP contribution in [0, 0.1) is 5.92 Å². The number of para-hydroxylation sites is 1. The van der Waals surface area contributed by atoms with Gasteiger partial charge in [0.05, 0.1) is 0 Å². The van der Waals surface area contributed by atoms with Crippen molar-refractivity contribution in [2.24, 2.45) is 5.92 Å². The number of hydroxylamine groups is 1. The van der Waals surface area contributed by atoms with Crippen LogP contribution in [0.2, 0.25) is 0 Å². The number of benzene rings is 1. The molecule has 2 heteroatoms. The van der Waals surface area contributed by atoms with Crippen molar-refractivity contribution in [1.82, 2.24) is 5.48 Å². The maximum atomic E-state index is 5.37. The van der Waals surface area contributed by atoms with Crippen molar-refractivity contribution in [3.63, 3.8) is 0 Å². The van der Waals surface area contributed by atoms with E-state index in [2.05, 4.69) is 24.5 Å². The molecule has 2 rings (SSSR count). The SMILES string of the molecule is C[C@@H]1CNOc2ccccc2C1. The lowest BCUT2D eigenvalue weighted by Crippen LogP contribution is -2.22. The second-order valence-corrected chi connectivity index (χ2v) is 3.37. The van der Waals surface area contributed by atoms with Crippen molar-refractivity contribution >= 4 is 0 Å². The van der Waals surface area contributed by atoms with Crippen molar-refractivity contribution in [2.45, 2.75) is 13.3 Å². The topological polar surface area (TPSA) is 21.3 Å². The van der Waals surface area contributed by atoms with Crippen LogP contribution in [0.1, 0.15) is 12.5 Å². The van der Waals surface area contributed by atoms with Gasteiger partial charge in [-0.3, -0.25) is 0 Å². The Morgan fingerprint density at radius 2 is 2.25 bits per heavy atom. The van der Waals surface area contributed by atoms with Gasteiger partial charge in [-0.2, -0.15) is 5.48 Å². The van der Waals surface area contributed by atoms with Crippen LogP contribution in [0.3, 0.4) is 0 Å². The Labute approximate surface area is 72.5 Å². The molecule has 0 unspecified atom stereocenters. The predicted molar refractivity (Wildman–Crippen MR) is 47.9 cm³/mol. The van der Waals surface area contributed by atoms with Gasteiger partial charge < -0.3 is 4.84 Å². The summed E-state index contributed by atoms with van der Waals surface area (Å²) in [5.41, 5.74) is 4.25. The predicted octanol–water partition coefficient (Wildman–Crippen LogP) is 1.76. The number of rotatable bonds is 0. The molecule has 64 valence electrons. The average Bonchev–Trinajstić information content (AvgIpc) is 2.25. The van der Waals surface area contributed by atoms with Crippen molar-refractivity contribution in [3.8, 4) is 5.75 Å². The molecule has 1 heterocycles. The van der Waals surface area contributed by atoms with Gasteiger partial charge in [-0.05, 0) is 24.0 Å². The Morgan fingerprint density at radius 1 is 1.42 bits per heavy atom. The van der Waals surface area contributed by atoms with Crippen LogP contribution in [0.5, 0.6) is 5.75 Å². The zero-order chi connectivity index (χ0) is 8.39. The van der Waals surface area contributed by atoms with E-state index in [4.69, 9.17) is 4.84 Å². The highest BCUT2D eigenvalue weighted by atomic mass is 16.6. The molecule has 12 heavy (non-hydrogen) atoms. The highest BCUT2D eigenvalue weighted by molar-refractivity contribution is 5.33. The van der Waals surface area contributed by atoms with Gasteiger partial charge in [-0.25, -0.2) is 0 Å². The lowest BCUT2D eigenvalue weighted by molar-refractivity contribution is 0.190. The van der Waals surface area contributed by atoms with E-state index in [-0.39, 0.29) is 0 Å². The lowest BCUT2D eigenvalue weighted by Gasteiger charge is -2.04. The maximum absolute atomic E-state index is 5.37. The van der Waals surface area contributed by atoms with E-state index in [1.807, 2.05) is 12.1 Å². The number of nitrogens with one attached hydrogen (secondary N) is 1. The zero-order valence-corrected chi connectivity index (χ0v) is 7.21. The molecule has 1 N–H and O–H groups in total. The van der Waals surface area contributed by atoms with E-state index >= 15 is 0 Å². The summed E-state index contributed by atoms with van der Waals surface area (Å²) in [5.74, 6) is 1.62. The minimum Gasteiger partial charge on any atom is -0.408 e. The molecule has 0 aliphatic carbocycles. The van der Waals surface area contributed by atoms with Crippen molar-refractivity contribution in [1.29, 1.82) is 0 Å². The number of hydrogen-bond donors (Lipinski definition) is 1. The van der Waals surface area contributed by atoms with Gasteiger partial charge in [0.25, 0.3) is 0 Å². The monoisotopic (exact) mass is 163 g/mol. The van der Waals surface area contributed by atoms with E-state index in [0.717, 1.165) is 18.7 Å². The van der Waals surface area contributed by atoms with Gasteiger partial charge in [0, 0.05) is 6.54 Å². The van der Waals surface area contributed by atoms with Crippen LogP contribution >= 0.6 is 0 Å². The van der Waals surface area contributed by atoms with E-state index in [9.17, 15) is 0 Å². The summed E-state index contributed by atoms with van der Waals surface area (Å²) < 4.78 is 0. The molecule has 0 amide bonds. The fraction of sp³-hybridized carbons (Fsp3) is 0.400. The van der Waals surface area contributed by atoms with Gasteiger partial charge in [0.2, 0.25) is 0 Å². The average molecular weight is 163 g/mol. The minimum atomic E-state index is 0.647. The number of hydrogen-bond acceptors (Lipinski definition) is 2. The Morgan fingerprint density at radius 3 is 3.17 bits per heavy atom. The number of fused-ring (bicyclic) bond motifs is 1. The molecule has 1 aliphatic rings. The maximum Gasteiger partial charge on any atom is 0.150 e. The van der Waals surface area contributed by atoms with Crippen LogP contribution in [-0.2, 0) is 6.42 Å². The minimum absolute atomic E-state index is 0.647. The van der Waals surface area contributed by atoms with Crippen molar-refractivity contribution < 1.29 is 4.84 Å². The normalized spacial score (nSPS) is 22.2. The highest BCUT2D eigenvalue weighted by Gasteiger charge is 2.12. The van der Waals surface area contributed by atoms with Crippen LogP contribution in [0.25, 0.3) is 0 Å². The van der Waals surface area contributed by atoms with Crippen LogP contribution in [0.15, 0.2) is 24.3 Å². The van der Waals surface area contributed by atoms with Gasteiger partial charge >= 0.3 is 0 Å². The molecule has 1 atom stereocenters. The van der Waals surface area contributed by atoms with E-state index < -0.39 is 0 Å². The quantitative estimate of drug-likeness (QED) is 0.629. The molecule has 0 spiro atoms. The summed E-state index contributed by atoms with van der Waals surface area (Å²) in [7, 11) is 0. The second kappa shape index (κ2) is 3.15.